The third-order valence-corrected chi connectivity index (χ3v) is 3.42. The van der Waals surface area contributed by atoms with Crippen LogP contribution in [0.25, 0.3) is 0 Å². The predicted octanol–water partition coefficient (Wildman–Crippen LogP) is 4.15. The van der Waals surface area contributed by atoms with Crippen molar-refractivity contribution in [2.45, 2.75) is 13.0 Å². The maximum Gasteiger partial charge on any atom is 0.159 e. The van der Waals surface area contributed by atoms with Crippen LogP contribution in [0.1, 0.15) is 17.2 Å². The minimum absolute atomic E-state index is 0.274. The van der Waals surface area contributed by atoms with Crippen molar-refractivity contribution in [1.82, 2.24) is 0 Å². The summed E-state index contributed by atoms with van der Waals surface area (Å²) in [6, 6.07) is 9.40. The topological polar surface area (TPSA) is 38.0 Å². The zero-order valence-corrected chi connectivity index (χ0v) is 12.5. The molecule has 0 aromatic heterocycles. The number of aryl methyl sites for hydroxylation is 1. The van der Waals surface area contributed by atoms with E-state index in [9.17, 15) is 8.78 Å². The van der Waals surface area contributed by atoms with E-state index in [-0.39, 0.29) is 12.6 Å². The lowest BCUT2D eigenvalue weighted by Gasteiger charge is -2.19. The van der Waals surface area contributed by atoms with Crippen LogP contribution in [0.4, 0.5) is 14.5 Å². The van der Waals surface area contributed by atoms with Gasteiger partial charge in [0.1, 0.15) is 0 Å². The highest BCUT2D eigenvalue weighted by Gasteiger charge is 2.12. The lowest BCUT2D eigenvalue weighted by molar-refractivity contribution is 0.506. The van der Waals surface area contributed by atoms with Gasteiger partial charge in [0, 0.05) is 16.7 Å². The van der Waals surface area contributed by atoms with Gasteiger partial charge in [-0.1, -0.05) is 22.0 Å². The first-order chi connectivity index (χ1) is 9.49. The lowest BCUT2D eigenvalue weighted by Crippen LogP contribution is -2.21. The van der Waals surface area contributed by atoms with E-state index >= 15 is 0 Å². The summed E-state index contributed by atoms with van der Waals surface area (Å²) < 4.78 is 27.2. The lowest BCUT2D eigenvalue weighted by atomic mass is 10.1. The van der Waals surface area contributed by atoms with Gasteiger partial charge in [-0.3, -0.25) is 0 Å². The molecule has 0 bridgehead atoms. The van der Waals surface area contributed by atoms with Gasteiger partial charge in [0.05, 0.1) is 6.04 Å². The van der Waals surface area contributed by atoms with E-state index in [0.717, 1.165) is 21.8 Å². The Labute approximate surface area is 125 Å². The summed E-state index contributed by atoms with van der Waals surface area (Å²) in [5.41, 5.74) is 8.30. The Hall–Kier alpha value is -1.46. The molecule has 20 heavy (non-hydrogen) atoms. The van der Waals surface area contributed by atoms with Crippen molar-refractivity contribution in [2.24, 2.45) is 5.73 Å². The zero-order valence-electron chi connectivity index (χ0n) is 11.0. The number of benzene rings is 2. The third-order valence-electron chi connectivity index (χ3n) is 2.96. The molecular formula is C15H15BrF2N2. The average Bonchev–Trinajstić information content (AvgIpc) is 2.38. The largest absolute Gasteiger partial charge is 0.377 e. The molecule has 0 spiro atoms. The first-order valence-electron chi connectivity index (χ1n) is 6.18. The summed E-state index contributed by atoms with van der Waals surface area (Å²) >= 11 is 3.42. The molecule has 1 unspecified atom stereocenters. The molecule has 2 aromatic carbocycles. The number of nitrogens with one attached hydrogen (secondary N) is 1. The summed E-state index contributed by atoms with van der Waals surface area (Å²) in [5.74, 6) is -1.73. The highest BCUT2D eigenvalue weighted by Crippen LogP contribution is 2.24. The molecule has 3 N–H and O–H groups in total. The molecule has 5 heteroatoms. The smallest absolute Gasteiger partial charge is 0.159 e. The van der Waals surface area contributed by atoms with Gasteiger partial charge < -0.3 is 11.1 Å². The summed E-state index contributed by atoms with van der Waals surface area (Å²) in [5, 5.41) is 3.23. The maximum absolute atomic E-state index is 13.3. The molecular weight excluding hydrogens is 326 g/mol. The monoisotopic (exact) mass is 340 g/mol. The number of nitrogens with two attached hydrogens (primary N) is 1. The van der Waals surface area contributed by atoms with Crippen LogP contribution in [0.15, 0.2) is 40.9 Å². The molecule has 0 heterocycles. The highest BCUT2D eigenvalue weighted by molar-refractivity contribution is 9.10. The van der Waals surface area contributed by atoms with Crippen LogP contribution in [0.5, 0.6) is 0 Å². The van der Waals surface area contributed by atoms with Crippen LogP contribution in [0.3, 0.4) is 0 Å². The Morgan fingerprint density at radius 1 is 1.15 bits per heavy atom. The van der Waals surface area contributed by atoms with Crippen molar-refractivity contribution in [3.05, 3.63) is 63.6 Å². The van der Waals surface area contributed by atoms with E-state index < -0.39 is 11.6 Å². The minimum Gasteiger partial charge on any atom is -0.377 e. The van der Waals surface area contributed by atoms with Gasteiger partial charge in [0.25, 0.3) is 0 Å². The van der Waals surface area contributed by atoms with Gasteiger partial charge in [-0.05, 0) is 48.4 Å². The van der Waals surface area contributed by atoms with Crippen molar-refractivity contribution >= 4 is 21.6 Å². The second-order valence-electron chi connectivity index (χ2n) is 4.62. The molecule has 2 rings (SSSR count). The Morgan fingerprint density at radius 3 is 2.50 bits per heavy atom. The minimum atomic E-state index is -0.867. The van der Waals surface area contributed by atoms with Gasteiger partial charge in [0.2, 0.25) is 0 Å². The number of hydrogen-bond acceptors (Lipinski definition) is 2. The average molecular weight is 341 g/mol. The number of halogens is 3. The van der Waals surface area contributed by atoms with Gasteiger partial charge >= 0.3 is 0 Å². The van der Waals surface area contributed by atoms with E-state index in [1.54, 1.807) is 0 Å². The van der Waals surface area contributed by atoms with Gasteiger partial charge in [-0.25, -0.2) is 8.78 Å². The van der Waals surface area contributed by atoms with E-state index in [1.807, 2.05) is 25.1 Å². The fraction of sp³-hybridized carbons (Fsp3) is 0.200. The quantitative estimate of drug-likeness (QED) is 0.877. The maximum atomic E-state index is 13.3. The number of rotatable bonds is 4. The van der Waals surface area contributed by atoms with E-state index in [0.29, 0.717) is 5.56 Å². The molecule has 0 aliphatic rings. The van der Waals surface area contributed by atoms with Crippen LogP contribution in [-0.4, -0.2) is 6.54 Å². The Kier molecular flexibility index (Phi) is 4.73. The van der Waals surface area contributed by atoms with Crippen LogP contribution >= 0.6 is 15.9 Å². The predicted molar refractivity (Wildman–Crippen MR) is 80.7 cm³/mol. The second kappa shape index (κ2) is 6.33. The summed E-state index contributed by atoms with van der Waals surface area (Å²) in [7, 11) is 0. The highest BCUT2D eigenvalue weighted by atomic mass is 79.9. The fourth-order valence-corrected chi connectivity index (χ4v) is 2.64. The van der Waals surface area contributed by atoms with Crippen LogP contribution < -0.4 is 11.1 Å². The van der Waals surface area contributed by atoms with Crippen molar-refractivity contribution in [1.29, 1.82) is 0 Å². The molecule has 0 amide bonds. The van der Waals surface area contributed by atoms with Crippen molar-refractivity contribution < 1.29 is 8.78 Å². The SMILES string of the molecule is Cc1cc(Br)cc(NC(CN)c2ccc(F)c(F)c2)c1. The Bertz CT molecular complexity index is 597. The molecule has 2 nitrogen and oxygen atoms in total. The summed E-state index contributed by atoms with van der Waals surface area (Å²) in [6.45, 7) is 2.25. The molecule has 0 radical (unpaired) electrons. The Balaban J connectivity index is 2.26. The van der Waals surface area contributed by atoms with Crippen molar-refractivity contribution in [2.75, 3.05) is 11.9 Å². The first-order valence-corrected chi connectivity index (χ1v) is 6.97. The van der Waals surface area contributed by atoms with E-state index in [2.05, 4.69) is 21.2 Å². The van der Waals surface area contributed by atoms with Crippen molar-refractivity contribution in [3.63, 3.8) is 0 Å². The van der Waals surface area contributed by atoms with E-state index in [1.165, 1.54) is 12.1 Å². The molecule has 2 aromatic rings. The van der Waals surface area contributed by atoms with E-state index in [4.69, 9.17) is 5.73 Å². The van der Waals surface area contributed by atoms with Gasteiger partial charge in [-0.15, -0.1) is 0 Å². The summed E-state index contributed by atoms with van der Waals surface area (Å²) in [6.07, 6.45) is 0. The molecule has 0 saturated heterocycles. The van der Waals surface area contributed by atoms with Crippen LogP contribution in [0.2, 0.25) is 0 Å². The molecule has 1 atom stereocenters. The second-order valence-corrected chi connectivity index (χ2v) is 5.54. The van der Waals surface area contributed by atoms with Crippen LogP contribution in [0, 0.1) is 18.6 Å². The number of hydrogen-bond donors (Lipinski definition) is 2. The molecule has 0 aliphatic heterocycles. The first kappa shape index (κ1) is 14.9. The zero-order chi connectivity index (χ0) is 14.7. The molecule has 0 saturated carbocycles. The standard InChI is InChI=1S/C15H15BrF2N2/c1-9-4-11(16)7-12(5-9)20-15(8-19)10-2-3-13(17)14(18)6-10/h2-7,15,20H,8,19H2,1H3. The van der Waals surface area contributed by atoms with Gasteiger partial charge in [-0.2, -0.15) is 0 Å². The van der Waals surface area contributed by atoms with Crippen LogP contribution in [-0.2, 0) is 0 Å². The molecule has 106 valence electrons. The fourth-order valence-electron chi connectivity index (χ4n) is 2.03. The van der Waals surface area contributed by atoms with Gasteiger partial charge in [0.15, 0.2) is 11.6 Å². The third kappa shape index (κ3) is 3.55. The normalized spacial score (nSPS) is 12.2. The summed E-state index contributed by atoms with van der Waals surface area (Å²) in [4.78, 5) is 0. The Morgan fingerprint density at radius 2 is 1.90 bits per heavy atom. The number of anilines is 1. The molecule has 0 aliphatic carbocycles. The van der Waals surface area contributed by atoms with Crippen molar-refractivity contribution in [3.8, 4) is 0 Å². The molecule has 0 fully saturated rings.